The van der Waals surface area contributed by atoms with Crippen molar-refractivity contribution in [3.05, 3.63) is 84.7 Å². The molecule has 0 aliphatic carbocycles. The third-order valence-corrected chi connectivity index (χ3v) is 8.57. The van der Waals surface area contributed by atoms with Gasteiger partial charge in [-0.05, 0) is 59.9 Å². The Balaban J connectivity index is 1.07. The number of carbonyl (C=O) groups excluding carboxylic acids is 1. The molecule has 1 N–H and O–H groups in total. The molecule has 216 valence electrons. The Kier molecular flexibility index (Phi) is 8.91. The van der Waals surface area contributed by atoms with Gasteiger partial charge in [-0.1, -0.05) is 36.4 Å². The van der Waals surface area contributed by atoms with Crippen LogP contribution in [-0.4, -0.2) is 96.1 Å². The summed E-state index contributed by atoms with van der Waals surface area (Å²) in [6.45, 7) is 5.12. The van der Waals surface area contributed by atoms with Gasteiger partial charge >= 0.3 is 0 Å². The zero-order chi connectivity index (χ0) is 28.0. The summed E-state index contributed by atoms with van der Waals surface area (Å²) in [6, 6.07) is 23.1. The molecule has 0 radical (unpaired) electrons. The van der Waals surface area contributed by atoms with Crippen molar-refractivity contribution in [1.82, 2.24) is 14.8 Å². The van der Waals surface area contributed by atoms with Crippen molar-refractivity contribution >= 4 is 11.6 Å². The molecule has 6 rings (SSSR count). The van der Waals surface area contributed by atoms with Crippen molar-refractivity contribution in [2.24, 2.45) is 0 Å². The number of para-hydroxylation sites is 1. The zero-order valence-corrected chi connectivity index (χ0v) is 23.6. The number of aliphatic hydroxyl groups excluding tert-OH is 1. The number of hydrogen-bond acceptors (Lipinski definition) is 7. The molecule has 8 heteroatoms. The number of nitrogens with zero attached hydrogens (tertiary/aromatic N) is 4. The average molecular weight is 557 g/mol. The third kappa shape index (κ3) is 6.96. The Bertz CT molecular complexity index is 1270. The monoisotopic (exact) mass is 556 g/mol. The summed E-state index contributed by atoms with van der Waals surface area (Å²) in [5.41, 5.74) is 4.69. The van der Waals surface area contributed by atoms with Crippen LogP contribution in [0.5, 0.6) is 0 Å². The van der Waals surface area contributed by atoms with Crippen molar-refractivity contribution in [3.63, 3.8) is 0 Å². The molecule has 1 amide bonds. The largest absolute Gasteiger partial charge is 0.389 e. The number of β-amino-alcohol motifs (C(OH)–C–C–N with tert-alkyl or cyclic N) is 1. The molecule has 3 aliphatic heterocycles. The maximum Gasteiger partial charge on any atom is 0.225 e. The molecule has 0 unspecified atom stereocenters. The van der Waals surface area contributed by atoms with Crippen molar-refractivity contribution in [3.8, 4) is 11.1 Å². The highest BCUT2D eigenvalue weighted by Gasteiger charge is 2.38. The standard InChI is InChI=1S/C33H40N4O4/c38-29-22-37(21-25-5-4-6-27(19-25)26-11-13-34-14-12-26)31-10-9-30(41-32(31)24-40-23-29)20-33(39)36-17-15-35(16-18-36)28-7-2-1-3-8-28/h1-8,11-14,19,29-32,38H,9-10,15-18,20-24H2/t29-,30+,31-,32+/m1/s1. The van der Waals surface area contributed by atoms with Gasteiger partial charge in [0.05, 0.1) is 37.9 Å². The average Bonchev–Trinajstić information content (AvgIpc) is 3.01. The molecular formula is C33H40N4O4. The summed E-state index contributed by atoms with van der Waals surface area (Å²) >= 11 is 0. The number of aliphatic hydroxyl groups is 1. The molecule has 3 aromatic rings. The molecule has 0 saturated carbocycles. The lowest BCUT2D eigenvalue weighted by molar-refractivity contribution is -0.161. The maximum atomic E-state index is 13.2. The molecular weight excluding hydrogens is 516 g/mol. The number of ether oxygens (including phenoxy) is 2. The second-order valence-electron chi connectivity index (χ2n) is 11.4. The number of piperazine rings is 1. The molecule has 3 fully saturated rings. The lowest BCUT2D eigenvalue weighted by Crippen LogP contribution is -2.56. The van der Waals surface area contributed by atoms with Crippen LogP contribution in [0.1, 0.15) is 24.8 Å². The van der Waals surface area contributed by atoms with Crippen molar-refractivity contribution < 1.29 is 19.4 Å². The number of fused-ring (bicyclic) bond motifs is 1. The quantitative estimate of drug-likeness (QED) is 0.497. The maximum absolute atomic E-state index is 13.2. The number of pyridine rings is 1. The minimum Gasteiger partial charge on any atom is -0.389 e. The van der Waals surface area contributed by atoms with Crippen LogP contribution < -0.4 is 4.90 Å². The van der Waals surface area contributed by atoms with E-state index in [4.69, 9.17) is 9.47 Å². The molecule has 1 aromatic heterocycles. The van der Waals surface area contributed by atoms with Crippen LogP contribution >= 0.6 is 0 Å². The summed E-state index contributed by atoms with van der Waals surface area (Å²) in [5.74, 6) is 0.174. The fourth-order valence-corrected chi connectivity index (χ4v) is 6.43. The van der Waals surface area contributed by atoms with Gasteiger partial charge in [-0.3, -0.25) is 14.7 Å². The second-order valence-corrected chi connectivity index (χ2v) is 11.4. The summed E-state index contributed by atoms with van der Waals surface area (Å²) in [6.07, 6.45) is 4.97. The summed E-state index contributed by atoms with van der Waals surface area (Å²) in [7, 11) is 0. The SMILES string of the molecule is O=C(C[C@@H]1CC[C@@H]2[C@H](COC[C@H](O)CN2Cc2cccc(-c3ccncc3)c2)O1)N1CCN(c2ccccc2)CC1. The van der Waals surface area contributed by atoms with E-state index in [9.17, 15) is 9.90 Å². The van der Waals surface area contributed by atoms with Crippen LogP contribution in [0.2, 0.25) is 0 Å². The highest BCUT2D eigenvalue weighted by atomic mass is 16.5. The summed E-state index contributed by atoms with van der Waals surface area (Å²) in [4.78, 5) is 24.1. The number of benzene rings is 2. The number of anilines is 1. The van der Waals surface area contributed by atoms with Gasteiger partial charge in [-0.15, -0.1) is 0 Å². The lowest BCUT2D eigenvalue weighted by atomic mass is 9.94. The topological polar surface area (TPSA) is 78.4 Å². The van der Waals surface area contributed by atoms with Crippen LogP contribution in [0.15, 0.2) is 79.1 Å². The predicted molar refractivity (Wildman–Crippen MR) is 158 cm³/mol. The van der Waals surface area contributed by atoms with Crippen LogP contribution in [0.25, 0.3) is 11.1 Å². The lowest BCUT2D eigenvalue weighted by Gasteiger charge is -2.45. The van der Waals surface area contributed by atoms with Crippen molar-refractivity contribution in [2.45, 2.75) is 50.2 Å². The number of carbonyl (C=O) groups is 1. The Labute approximate surface area is 242 Å². The fraction of sp³-hybridized carbons (Fsp3) is 0.455. The van der Waals surface area contributed by atoms with Crippen molar-refractivity contribution in [2.75, 3.05) is 50.8 Å². The second kappa shape index (κ2) is 13.1. The Morgan fingerprint density at radius 3 is 2.51 bits per heavy atom. The van der Waals surface area contributed by atoms with Gasteiger partial charge in [-0.2, -0.15) is 0 Å². The van der Waals surface area contributed by atoms with E-state index in [1.807, 2.05) is 35.5 Å². The number of aromatic nitrogens is 1. The minimum absolute atomic E-state index is 0.110. The summed E-state index contributed by atoms with van der Waals surface area (Å²) in [5, 5.41) is 10.6. The van der Waals surface area contributed by atoms with E-state index >= 15 is 0 Å². The highest BCUT2D eigenvalue weighted by Crippen LogP contribution is 2.30. The van der Waals surface area contributed by atoms with E-state index in [2.05, 4.69) is 63.3 Å². The van der Waals surface area contributed by atoms with Gasteiger partial charge in [0.15, 0.2) is 0 Å². The Morgan fingerprint density at radius 1 is 0.902 bits per heavy atom. The molecule has 3 saturated heterocycles. The van der Waals surface area contributed by atoms with Gasteiger partial charge in [-0.25, -0.2) is 0 Å². The zero-order valence-electron chi connectivity index (χ0n) is 23.6. The number of rotatable bonds is 6. The Hall–Kier alpha value is -3.30. The van der Waals surface area contributed by atoms with Crippen LogP contribution in [0, 0.1) is 0 Å². The molecule has 8 nitrogen and oxygen atoms in total. The van der Waals surface area contributed by atoms with Gasteiger partial charge in [0, 0.05) is 63.4 Å². The van der Waals surface area contributed by atoms with Crippen LogP contribution in [0.3, 0.4) is 0 Å². The predicted octanol–water partition coefficient (Wildman–Crippen LogP) is 3.60. The molecule has 4 heterocycles. The Morgan fingerprint density at radius 2 is 1.71 bits per heavy atom. The van der Waals surface area contributed by atoms with Crippen LogP contribution in [-0.2, 0) is 20.8 Å². The first-order chi connectivity index (χ1) is 20.1. The smallest absolute Gasteiger partial charge is 0.225 e. The molecule has 41 heavy (non-hydrogen) atoms. The summed E-state index contributed by atoms with van der Waals surface area (Å²) < 4.78 is 12.4. The highest BCUT2D eigenvalue weighted by molar-refractivity contribution is 5.77. The van der Waals surface area contributed by atoms with E-state index in [0.29, 0.717) is 19.6 Å². The molecule has 2 aromatic carbocycles. The van der Waals surface area contributed by atoms with Crippen LogP contribution in [0.4, 0.5) is 5.69 Å². The van der Waals surface area contributed by atoms with E-state index in [1.54, 1.807) is 0 Å². The van der Waals surface area contributed by atoms with Gasteiger partial charge in [0.1, 0.15) is 0 Å². The molecule has 3 aliphatic rings. The van der Waals surface area contributed by atoms with Gasteiger partial charge < -0.3 is 24.4 Å². The normalized spacial score (nSPS) is 25.7. The fourth-order valence-electron chi connectivity index (χ4n) is 6.43. The first kappa shape index (κ1) is 27.8. The minimum atomic E-state index is -0.548. The first-order valence-corrected chi connectivity index (χ1v) is 14.8. The van der Waals surface area contributed by atoms with Crippen molar-refractivity contribution in [1.29, 1.82) is 0 Å². The van der Waals surface area contributed by atoms with E-state index < -0.39 is 6.10 Å². The third-order valence-electron chi connectivity index (χ3n) is 8.57. The number of amides is 1. The molecule has 4 atom stereocenters. The van der Waals surface area contributed by atoms with E-state index in [1.165, 1.54) is 11.3 Å². The van der Waals surface area contributed by atoms with E-state index in [0.717, 1.165) is 56.7 Å². The number of hydrogen-bond donors (Lipinski definition) is 1. The van der Waals surface area contributed by atoms with Gasteiger partial charge in [0.25, 0.3) is 0 Å². The van der Waals surface area contributed by atoms with E-state index in [-0.39, 0.29) is 30.8 Å². The molecule has 0 spiro atoms. The molecule has 0 bridgehead atoms. The van der Waals surface area contributed by atoms with Gasteiger partial charge in [0.2, 0.25) is 5.91 Å². The first-order valence-electron chi connectivity index (χ1n) is 14.8.